The molecule has 0 aromatic heterocycles. The monoisotopic (exact) mass is 790 g/mol. The van der Waals surface area contributed by atoms with Crippen LogP contribution in [0.4, 0.5) is 0 Å². The summed E-state index contributed by atoms with van der Waals surface area (Å²) in [4.78, 5) is 12.6. The molecule has 0 saturated carbocycles. The zero-order chi connectivity index (χ0) is 41.1. The lowest BCUT2D eigenvalue weighted by molar-refractivity contribution is -0.304. The summed E-state index contributed by atoms with van der Waals surface area (Å²) >= 11 is 0. The zero-order valence-electron chi connectivity index (χ0n) is 31.9. The highest BCUT2D eigenvalue weighted by molar-refractivity contribution is 5.87. The molecule has 17 heteroatoms. The molecule has 1 fully saturated rings. The number of ether oxygens (including phenoxy) is 9. The number of methoxy groups -OCH3 is 6. The third-order valence-electron chi connectivity index (χ3n) is 9.42. The molecule has 0 aliphatic carbocycles. The van der Waals surface area contributed by atoms with Gasteiger partial charge in [0.1, 0.15) is 31.0 Å². The third kappa shape index (κ3) is 10.4. The van der Waals surface area contributed by atoms with Crippen molar-refractivity contribution in [2.75, 3.05) is 62.5 Å². The molecule has 0 spiro atoms. The predicted octanol–water partition coefficient (Wildman–Crippen LogP) is 1.95. The highest BCUT2D eigenvalue weighted by atomic mass is 16.7. The van der Waals surface area contributed by atoms with Crippen LogP contribution in [0.5, 0.6) is 51.7 Å². The van der Waals surface area contributed by atoms with E-state index in [1.807, 2.05) is 0 Å². The molecule has 0 radical (unpaired) electrons. The maximum Gasteiger partial charge on any atom is 0.330 e. The van der Waals surface area contributed by atoms with Crippen molar-refractivity contribution >= 4 is 12.0 Å². The Hall–Kier alpha value is -5.17. The fourth-order valence-corrected chi connectivity index (χ4v) is 6.28. The lowest BCUT2D eigenvalue weighted by atomic mass is 9.83. The van der Waals surface area contributed by atoms with Crippen LogP contribution in [0, 0.1) is 11.8 Å². The van der Waals surface area contributed by atoms with Crippen LogP contribution in [0.15, 0.2) is 42.5 Å². The second kappa shape index (κ2) is 20.1. The third-order valence-corrected chi connectivity index (χ3v) is 9.42. The van der Waals surface area contributed by atoms with Gasteiger partial charge in [-0.05, 0) is 83.8 Å². The number of aliphatic hydroxyl groups is 4. The summed E-state index contributed by atoms with van der Waals surface area (Å²) in [7, 11) is 8.27. The SMILES string of the molecule is COc1cc(/C=C/C(=O)OC[C@H]2O[C@@H](OC[C@@H](Cc3cc(OC)c(O)c(OC)c3)[C@@H](CO)Cc3cc(OC)c(O)c(OC)c3)[C@H](O)[C@@H](O)[C@@H]2O)cc(OC)c1O. The van der Waals surface area contributed by atoms with Gasteiger partial charge < -0.3 is 78.4 Å². The van der Waals surface area contributed by atoms with Crippen molar-refractivity contribution in [1.29, 1.82) is 0 Å². The highest BCUT2D eigenvalue weighted by Gasteiger charge is 2.45. The van der Waals surface area contributed by atoms with Crippen molar-refractivity contribution in [3.8, 4) is 51.7 Å². The molecule has 3 aromatic carbocycles. The van der Waals surface area contributed by atoms with Crippen LogP contribution >= 0.6 is 0 Å². The van der Waals surface area contributed by atoms with Gasteiger partial charge in [-0.1, -0.05) is 0 Å². The second-order valence-electron chi connectivity index (χ2n) is 12.9. The van der Waals surface area contributed by atoms with Crippen molar-refractivity contribution in [2.24, 2.45) is 11.8 Å². The Bertz CT molecular complexity index is 1720. The van der Waals surface area contributed by atoms with Gasteiger partial charge in [0.25, 0.3) is 0 Å². The van der Waals surface area contributed by atoms with Crippen molar-refractivity contribution < 1.29 is 83.2 Å². The van der Waals surface area contributed by atoms with Gasteiger partial charge in [-0.3, -0.25) is 0 Å². The van der Waals surface area contributed by atoms with E-state index in [0.29, 0.717) is 16.7 Å². The Morgan fingerprint density at radius 1 is 0.661 bits per heavy atom. The van der Waals surface area contributed by atoms with E-state index in [2.05, 4.69) is 0 Å². The summed E-state index contributed by atoms with van der Waals surface area (Å²) in [5, 5.41) is 74.1. The first-order valence-electron chi connectivity index (χ1n) is 17.4. The topological polar surface area (TPSA) is 242 Å². The van der Waals surface area contributed by atoms with Gasteiger partial charge in [0, 0.05) is 12.7 Å². The molecule has 0 unspecified atom stereocenters. The molecule has 7 atom stereocenters. The number of benzene rings is 3. The van der Waals surface area contributed by atoms with Crippen LogP contribution in [0.3, 0.4) is 0 Å². The minimum Gasteiger partial charge on any atom is -0.502 e. The molecule has 4 rings (SSSR count). The predicted molar refractivity (Wildman–Crippen MR) is 198 cm³/mol. The molecule has 1 aliphatic rings. The van der Waals surface area contributed by atoms with Crippen LogP contribution in [0.2, 0.25) is 0 Å². The number of rotatable bonds is 19. The summed E-state index contributed by atoms with van der Waals surface area (Å²) in [5.41, 5.74) is 1.72. The van der Waals surface area contributed by atoms with Gasteiger partial charge in [0.15, 0.2) is 40.8 Å². The van der Waals surface area contributed by atoms with Crippen LogP contribution < -0.4 is 28.4 Å². The van der Waals surface area contributed by atoms with Gasteiger partial charge in [-0.2, -0.15) is 0 Å². The van der Waals surface area contributed by atoms with Gasteiger partial charge in [-0.25, -0.2) is 4.79 Å². The summed E-state index contributed by atoms with van der Waals surface area (Å²) in [6.07, 6.45) is -5.04. The Balaban J connectivity index is 1.54. The summed E-state index contributed by atoms with van der Waals surface area (Å²) in [6, 6.07) is 9.36. The number of hydrogen-bond donors (Lipinski definition) is 7. The minimum atomic E-state index is -1.75. The van der Waals surface area contributed by atoms with Crippen LogP contribution in [-0.2, 0) is 31.8 Å². The molecule has 7 N–H and O–H groups in total. The quantitative estimate of drug-likeness (QED) is 0.0678. The molecule has 0 amide bonds. The lowest BCUT2D eigenvalue weighted by Crippen LogP contribution is -2.59. The first-order valence-corrected chi connectivity index (χ1v) is 17.4. The van der Waals surface area contributed by atoms with E-state index < -0.39 is 55.1 Å². The second-order valence-corrected chi connectivity index (χ2v) is 12.9. The largest absolute Gasteiger partial charge is 0.502 e. The molecular weight excluding hydrogens is 740 g/mol. The van der Waals surface area contributed by atoms with E-state index in [1.165, 1.54) is 60.9 Å². The van der Waals surface area contributed by atoms with Crippen LogP contribution in [0.25, 0.3) is 6.08 Å². The normalized spacial score (nSPS) is 20.6. The number of phenolic OH excluding ortho intramolecular Hbond substituents is 3. The van der Waals surface area contributed by atoms with E-state index in [1.54, 1.807) is 24.3 Å². The molecule has 3 aromatic rings. The first-order chi connectivity index (χ1) is 26.8. The Labute approximate surface area is 323 Å². The van der Waals surface area contributed by atoms with Crippen LogP contribution in [0.1, 0.15) is 16.7 Å². The van der Waals surface area contributed by atoms with Gasteiger partial charge >= 0.3 is 5.97 Å². The molecule has 1 aliphatic heterocycles. The maximum absolute atomic E-state index is 12.6. The van der Waals surface area contributed by atoms with Crippen molar-refractivity contribution in [2.45, 2.75) is 43.5 Å². The number of aliphatic hydroxyl groups excluding tert-OH is 4. The average Bonchev–Trinajstić information content (AvgIpc) is 3.21. The van der Waals surface area contributed by atoms with E-state index in [4.69, 9.17) is 42.6 Å². The molecule has 0 bridgehead atoms. The number of esters is 1. The van der Waals surface area contributed by atoms with E-state index in [0.717, 1.165) is 6.08 Å². The fraction of sp³-hybridized carbons (Fsp3) is 0.462. The molecule has 308 valence electrons. The maximum atomic E-state index is 12.6. The average molecular weight is 791 g/mol. The van der Waals surface area contributed by atoms with Gasteiger partial charge in [0.2, 0.25) is 17.2 Å². The smallest absolute Gasteiger partial charge is 0.330 e. The van der Waals surface area contributed by atoms with Crippen molar-refractivity contribution in [1.82, 2.24) is 0 Å². The van der Waals surface area contributed by atoms with E-state index in [-0.39, 0.29) is 77.8 Å². The summed E-state index contributed by atoms with van der Waals surface area (Å²) in [6.45, 7) is -1.06. The van der Waals surface area contributed by atoms with Gasteiger partial charge in [0.05, 0.1) is 49.3 Å². The van der Waals surface area contributed by atoms with Crippen molar-refractivity contribution in [3.05, 3.63) is 59.2 Å². The Morgan fingerprint density at radius 2 is 1.09 bits per heavy atom. The lowest BCUT2D eigenvalue weighted by Gasteiger charge is -2.40. The zero-order valence-corrected chi connectivity index (χ0v) is 31.9. The Kier molecular flexibility index (Phi) is 15.7. The number of aromatic hydroxyl groups is 3. The molecule has 1 heterocycles. The number of phenols is 3. The number of carbonyl (C=O) groups excluding carboxylic acids is 1. The Morgan fingerprint density at radius 3 is 1.52 bits per heavy atom. The standard InChI is InChI=1S/C39H50O17/c1-48-25-11-20(12-26(49-2)33(25)42)7-8-32(41)54-19-31-36(45)37(46)38(47)39(56-31)55-18-24(10-22-15-29(52-5)35(44)30(16-22)53-6)23(17-40)9-21-13-27(50-3)34(43)28(14-21)51-4/h7-8,11-16,23-24,31,36-40,42-47H,9-10,17-19H2,1-6H3/b8-7+/t23-,24-,31-,36-,37+,38-,39-/m1/s1. The highest BCUT2D eigenvalue weighted by Crippen LogP contribution is 2.41. The van der Waals surface area contributed by atoms with Crippen molar-refractivity contribution in [3.63, 3.8) is 0 Å². The van der Waals surface area contributed by atoms with E-state index in [9.17, 15) is 40.5 Å². The molecular formula is C39H50O17. The minimum absolute atomic E-state index is 0.116. The first kappa shape index (κ1) is 43.6. The van der Waals surface area contributed by atoms with Crippen LogP contribution in [-0.4, -0.2) is 135 Å². The molecule has 56 heavy (non-hydrogen) atoms. The number of carbonyl (C=O) groups is 1. The number of hydrogen-bond acceptors (Lipinski definition) is 17. The molecule has 1 saturated heterocycles. The summed E-state index contributed by atoms with van der Waals surface area (Å²) in [5.74, 6) is -1.71. The van der Waals surface area contributed by atoms with Gasteiger partial charge in [-0.15, -0.1) is 0 Å². The van der Waals surface area contributed by atoms with E-state index >= 15 is 0 Å². The molecule has 17 nitrogen and oxygen atoms in total. The summed E-state index contributed by atoms with van der Waals surface area (Å²) < 4.78 is 48.7. The fourth-order valence-electron chi connectivity index (χ4n) is 6.28.